The van der Waals surface area contributed by atoms with E-state index in [4.69, 9.17) is 35.5 Å². The first-order chi connectivity index (χ1) is 28.7. The van der Waals surface area contributed by atoms with Crippen LogP contribution in [0.25, 0.3) is 32.7 Å². The van der Waals surface area contributed by atoms with Gasteiger partial charge in [0.15, 0.2) is 5.82 Å². The fourth-order valence-electron chi connectivity index (χ4n) is 7.79. The molecule has 6 aromatic rings. The summed E-state index contributed by atoms with van der Waals surface area (Å²) in [5.41, 5.74) is 5.96. The molecule has 1 saturated heterocycles. The Hall–Kier alpha value is -5.34. The Kier molecular flexibility index (Phi) is 11.1. The lowest BCUT2D eigenvalue weighted by molar-refractivity contribution is -0.145. The summed E-state index contributed by atoms with van der Waals surface area (Å²) in [6, 6.07) is 19.2. The number of carbonyl (C=O) groups is 1. The number of likely N-dealkylation sites (N-methyl/N-ethyl adjacent to an activating group) is 1. The zero-order valence-corrected chi connectivity index (χ0v) is 34.8. The molecule has 304 valence electrons. The Labute approximate surface area is 351 Å². The van der Waals surface area contributed by atoms with Gasteiger partial charge in [-0.1, -0.05) is 41.9 Å². The van der Waals surface area contributed by atoms with Crippen LogP contribution in [0.1, 0.15) is 46.0 Å². The molecule has 2 atom stereocenters. The number of aliphatic carboxylic acids is 1. The highest BCUT2D eigenvalue weighted by atomic mass is 35.5. The molecule has 12 nitrogen and oxygen atoms in total. The second kappa shape index (κ2) is 16.7. The molecule has 6 heterocycles. The van der Waals surface area contributed by atoms with Gasteiger partial charge < -0.3 is 29.0 Å². The summed E-state index contributed by atoms with van der Waals surface area (Å²) in [5, 5.41) is 11.9. The van der Waals surface area contributed by atoms with Gasteiger partial charge >= 0.3 is 5.97 Å². The van der Waals surface area contributed by atoms with E-state index in [1.165, 1.54) is 11.2 Å². The molecule has 1 saturated carbocycles. The summed E-state index contributed by atoms with van der Waals surface area (Å²) in [6.07, 6.45) is 3.54. The lowest BCUT2D eigenvalue weighted by Crippen LogP contribution is -2.49. The van der Waals surface area contributed by atoms with E-state index in [1.807, 2.05) is 68.4 Å². The van der Waals surface area contributed by atoms with Crippen LogP contribution in [0, 0.1) is 13.8 Å². The van der Waals surface area contributed by atoms with E-state index in [1.54, 1.807) is 23.6 Å². The Morgan fingerprint density at radius 3 is 2.61 bits per heavy atom. The first kappa shape index (κ1) is 39.1. The van der Waals surface area contributed by atoms with E-state index >= 15 is 0 Å². The Bertz CT molecular complexity index is 2520. The summed E-state index contributed by atoms with van der Waals surface area (Å²) >= 11 is 8.81. The van der Waals surface area contributed by atoms with Crippen LogP contribution in [0.5, 0.6) is 23.1 Å². The molecule has 3 aliphatic heterocycles. The highest BCUT2D eigenvalue weighted by Gasteiger charge is 2.34. The van der Waals surface area contributed by atoms with Gasteiger partial charge in [-0.3, -0.25) is 4.90 Å². The molecule has 10 rings (SSSR count). The minimum Gasteiger partial charge on any atom is -0.490 e. The van der Waals surface area contributed by atoms with Crippen LogP contribution in [0.15, 0.2) is 73.2 Å². The monoisotopic (exact) mass is 832 g/mol. The minimum atomic E-state index is -1.33. The average molecular weight is 833 g/mol. The van der Waals surface area contributed by atoms with E-state index < -0.39 is 12.1 Å². The van der Waals surface area contributed by atoms with Gasteiger partial charge in [0.1, 0.15) is 47.7 Å². The van der Waals surface area contributed by atoms with Crippen LogP contribution in [0.3, 0.4) is 0 Å². The lowest BCUT2D eigenvalue weighted by Gasteiger charge is -2.34. The second-order valence-corrected chi connectivity index (χ2v) is 17.0. The highest BCUT2D eigenvalue weighted by Crippen LogP contribution is 2.54. The number of hydrogen-bond donors (Lipinski definition) is 1. The number of fused-ring (bicyclic) bond motifs is 7. The maximum absolute atomic E-state index is 13.1. The number of piperazine rings is 1. The van der Waals surface area contributed by atoms with Crippen LogP contribution in [0.2, 0.25) is 5.02 Å². The predicted octanol–water partition coefficient (Wildman–Crippen LogP) is 8.00. The molecular formula is C45H45ClN6O6S. The normalized spacial score (nSPS) is 18.8. The number of carboxylic acid groups (broad SMARTS) is 1. The van der Waals surface area contributed by atoms with E-state index in [0.29, 0.717) is 57.2 Å². The molecule has 0 radical (unpaired) electrons. The maximum Gasteiger partial charge on any atom is 0.345 e. The maximum atomic E-state index is 13.1. The third-order valence-corrected chi connectivity index (χ3v) is 13.0. The van der Waals surface area contributed by atoms with Gasteiger partial charge in [0, 0.05) is 66.9 Å². The first-order valence-corrected chi connectivity index (χ1v) is 21.2. The number of aromatic nitrogens is 4. The highest BCUT2D eigenvalue weighted by molar-refractivity contribution is 7.19. The van der Waals surface area contributed by atoms with Crippen molar-refractivity contribution in [3.63, 3.8) is 0 Å². The van der Waals surface area contributed by atoms with Crippen molar-refractivity contribution in [2.24, 2.45) is 0 Å². The van der Waals surface area contributed by atoms with Crippen molar-refractivity contribution in [1.82, 2.24) is 29.7 Å². The van der Waals surface area contributed by atoms with Crippen LogP contribution in [0.4, 0.5) is 0 Å². The SMILES string of the molecule is Cc1ccccc1-c1nccc(COc2ccc3cc2C[C@H](C(=O)O)Oc2ncnc4sc(C5CC5)c(c24)-c2ccc(c(Cl)c2C)O[C@H](CN2CCN(C)CC2)CO3)n1. The van der Waals surface area contributed by atoms with Gasteiger partial charge in [-0.25, -0.2) is 24.7 Å². The van der Waals surface area contributed by atoms with Crippen molar-refractivity contribution in [3.8, 4) is 45.6 Å². The van der Waals surface area contributed by atoms with Crippen molar-refractivity contribution in [2.45, 2.75) is 57.8 Å². The Morgan fingerprint density at radius 2 is 1.81 bits per heavy atom. The molecule has 3 aromatic carbocycles. The summed E-state index contributed by atoms with van der Waals surface area (Å²) in [4.78, 5) is 38.3. The fraction of sp³-hybridized carbons (Fsp3) is 0.356. The number of hydrogen-bond acceptors (Lipinski definition) is 12. The minimum absolute atomic E-state index is 0.0407. The molecule has 0 amide bonds. The van der Waals surface area contributed by atoms with Gasteiger partial charge in [-0.15, -0.1) is 11.3 Å². The molecular weight excluding hydrogens is 788 g/mol. The van der Waals surface area contributed by atoms with Gasteiger partial charge in [-0.05, 0) is 86.7 Å². The van der Waals surface area contributed by atoms with Crippen LogP contribution < -0.4 is 18.9 Å². The molecule has 14 heteroatoms. The zero-order valence-electron chi connectivity index (χ0n) is 33.2. The standard InChI is InChI=1S/C45H45ClN6O6S/c1-26-6-4-5-7-33(26)42-47-15-14-30(50-42)23-56-35-12-10-31-20-29(35)21-37(45(53)54)58-43-39-38(41(28-8-9-28)59-44(39)49-25-48-43)34-11-13-36(40(46)27(34)2)57-32(24-55-31)22-52-18-16-51(3)17-19-52/h4-7,10-15,20,25,28,32,37H,8-9,16-19,21-24H2,1-3H3,(H,53,54)/t32-,37-/m1/s1. The molecule has 1 aliphatic carbocycles. The quantitative estimate of drug-likeness (QED) is 0.159. The van der Waals surface area contributed by atoms with Gasteiger partial charge in [-0.2, -0.15) is 0 Å². The molecule has 4 aliphatic rings. The van der Waals surface area contributed by atoms with Gasteiger partial charge in [0.05, 0.1) is 16.1 Å². The third-order valence-electron chi connectivity index (χ3n) is 11.3. The predicted molar refractivity (Wildman–Crippen MR) is 227 cm³/mol. The van der Waals surface area contributed by atoms with Gasteiger partial charge in [0.25, 0.3) is 0 Å². The van der Waals surface area contributed by atoms with Gasteiger partial charge in [0.2, 0.25) is 12.0 Å². The summed E-state index contributed by atoms with van der Waals surface area (Å²) in [6.45, 7) is 8.75. The number of aryl methyl sites for hydroxylation is 1. The lowest BCUT2D eigenvalue weighted by atomic mass is 9.97. The van der Waals surface area contributed by atoms with Crippen molar-refractivity contribution in [1.29, 1.82) is 0 Å². The number of benzene rings is 3. The van der Waals surface area contributed by atoms with E-state index in [9.17, 15) is 9.90 Å². The molecule has 3 aromatic heterocycles. The number of thiophene rings is 1. The topological polar surface area (TPSA) is 132 Å². The van der Waals surface area contributed by atoms with E-state index in [-0.39, 0.29) is 31.6 Å². The van der Waals surface area contributed by atoms with Crippen molar-refractivity contribution in [3.05, 3.63) is 105 Å². The van der Waals surface area contributed by atoms with Crippen molar-refractivity contribution >= 4 is 39.1 Å². The summed E-state index contributed by atoms with van der Waals surface area (Å²) in [7, 11) is 2.14. The number of ether oxygens (including phenoxy) is 4. The number of rotatable bonds is 8. The Morgan fingerprint density at radius 1 is 0.983 bits per heavy atom. The largest absolute Gasteiger partial charge is 0.490 e. The molecule has 2 fully saturated rings. The summed E-state index contributed by atoms with van der Waals surface area (Å²) in [5.74, 6) is 1.61. The second-order valence-electron chi connectivity index (χ2n) is 15.6. The van der Waals surface area contributed by atoms with Crippen molar-refractivity contribution < 1.29 is 28.8 Å². The number of halogens is 1. The average Bonchev–Trinajstić information content (AvgIpc) is 4.01. The Balaban J connectivity index is 1.11. The van der Waals surface area contributed by atoms with E-state index in [0.717, 1.165) is 71.7 Å². The van der Waals surface area contributed by atoms with Crippen molar-refractivity contribution in [2.75, 3.05) is 46.4 Å². The van der Waals surface area contributed by atoms with Crippen LogP contribution in [-0.2, 0) is 17.8 Å². The van der Waals surface area contributed by atoms with Crippen LogP contribution in [-0.4, -0.2) is 99.4 Å². The van der Waals surface area contributed by atoms with Crippen LogP contribution >= 0.6 is 22.9 Å². The van der Waals surface area contributed by atoms with E-state index in [2.05, 4.69) is 31.8 Å². The molecule has 0 spiro atoms. The molecule has 59 heavy (non-hydrogen) atoms. The fourth-order valence-corrected chi connectivity index (χ4v) is 9.31. The molecule has 0 unspecified atom stereocenters. The third kappa shape index (κ3) is 8.42. The smallest absolute Gasteiger partial charge is 0.345 e. The molecule has 1 N–H and O–H groups in total. The zero-order chi connectivity index (χ0) is 40.6. The number of nitrogens with zero attached hydrogens (tertiary/aromatic N) is 6. The first-order valence-electron chi connectivity index (χ1n) is 20.0. The molecule has 4 bridgehead atoms. The summed E-state index contributed by atoms with van der Waals surface area (Å²) < 4.78 is 26.1. The number of carboxylic acids is 1.